The van der Waals surface area contributed by atoms with Crippen molar-refractivity contribution in [1.29, 1.82) is 0 Å². The molecule has 2 fully saturated rings. The predicted molar refractivity (Wildman–Crippen MR) is 92.2 cm³/mol. The van der Waals surface area contributed by atoms with E-state index in [9.17, 15) is 9.59 Å². The van der Waals surface area contributed by atoms with E-state index in [4.69, 9.17) is 4.52 Å². The van der Waals surface area contributed by atoms with Gasteiger partial charge in [-0.2, -0.15) is 4.98 Å². The molecule has 1 saturated heterocycles. The van der Waals surface area contributed by atoms with Gasteiger partial charge in [-0.25, -0.2) is 4.98 Å². The molecule has 3 heterocycles. The zero-order valence-corrected chi connectivity index (χ0v) is 14.5. The molecule has 0 bridgehead atoms. The van der Waals surface area contributed by atoms with Crippen LogP contribution in [0.15, 0.2) is 22.9 Å². The molecule has 2 amide bonds. The van der Waals surface area contributed by atoms with Crippen LogP contribution in [-0.4, -0.2) is 64.1 Å². The van der Waals surface area contributed by atoms with Crippen molar-refractivity contribution in [3.05, 3.63) is 24.2 Å². The first kappa shape index (κ1) is 16.5. The quantitative estimate of drug-likeness (QED) is 0.792. The van der Waals surface area contributed by atoms with Crippen LogP contribution in [-0.2, 0) is 9.59 Å². The van der Waals surface area contributed by atoms with E-state index in [1.54, 1.807) is 18.0 Å². The van der Waals surface area contributed by atoms with E-state index in [2.05, 4.69) is 25.3 Å². The van der Waals surface area contributed by atoms with Crippen LogP contribution in [0, 0.1) is 6.92 Å². The normalized spacial score (nSPS) is 17.3. The molecule has 0 aromatic carbocycles. The van der Waals surface area contributed by atoms with Gasteiger partial charge in [0.1, 0.15) is 5.82 Å². The van der Waals surface area contributed by atoms with Crippen molar-refractivity contribution in [2.45, 2.75) is 25.8 Å². The second-order valence-electron chi connectivity index (χ2n) is 6.55. The topological polar surface area (TPSA) is 104 Å². The highest BCUT2D eigenvalue weighted by Gasteiger charge is 2.31. The van der Waals surface area contributed by atoms with Gasteiger partial charge in [0, 0.05) is 38.4 Å². The highest BCUT2D eigenvalue weighted by Crippen LogP contribution is 2.28. The number of hydrogen-bond donors (Lipinski definition) is 1. The van der Waals surface area contributed by atoms with Gasteiger partial charge in [-0.05, 0) is 31.9 Å². The molecule has 9 nitrogen and oxygen atoms in total. The maximum atomic E-state index is 12.2. The third kappa shape index (κ3) is 3.37. The number of aromatic nitrogens is 3. The second-order valence-corrected chi connectivity index (χ2v) is 6.55. The van der Waals surface area contributed by atoms with Crippen LogP contribution in [0.2, 0.25) is 0 Å². The Balaban J connectivity index is 1.43. The number of nitrogens with zero attached hydrogens (tertiary/aromatic N) is 5. The number of anilines is 1. The number of piperazine rings is 1. The number of rotatable bonds is 3. The molecule has 26 heavy (non-hydrogen) atoms. The summed E-state index contributed by atoms with van der Waals surface area (Å²) >= 11 is 0. The number of amides is 2. The zero-order valence-electron chi connectivity index (χ0n) is 14.5. The lowest BCUT2D eigenvalue weighted by Gasteiger charge is -2.35. The summed E-state index contributed by atoms with van der Waals surface area (Å²) in [5.41, 5.74) is 0.763. The van der Waals surface area contributed by atoms with Crippen molar-refractivity contribution in [2.24, 2.45) is 0 Å². The van der Waals surface area contributed by atoms with E-state index in [1.165, 1.54) is 0 Å². The minimum Gasteiger partial charge on any atom is -0.352 e. The Morgan fingerprint density at radius 3 is 2.65 bits per heavy atom. The molecule has 0 radical (unpaired) electrons. The van der Waals surface area contributed by atoms with Gasteiger partial charge < -0.3 is 19.6 Å². The summed E-state index contributed by atoms with van der Waals surface area (Å²) in [6.07, 6.45) is 3.64. The van der Waals surface area contributed by atoms with Gasteiger partial charge in [0.05, 0.1) is 5.56 Å². The Morgan fingerprint density at radius 1 is 1.23 bits per heavy atom. The van der Waals surface area contributed by atoms with E-state index < -0.39 is 11.8 Å². The molecule has 1 aliphatic heterocycles. The van der Waals surface area contributed by atoms with Crippen molar-refractivity contribution < 1.29 is 14.1 Å². The summed E-state index contributed by atoms with van der Waals surface area (Å²) in [5.74, 6) is 0.775. The number of aryl methyl sites for hydroxylation is 1. The lowest BCUT2D eigenvalue weighted by molar-refractivity contribution is -0.146. The molecule has 2 aromatic rings. The van der Waals surface area contributed by atoms with Crippen LogP contribution in [0.3, 0.4) is 0 Å². The van der Waals surface area contributed by atoms with Gasteiger partial charge in [-0.3, -0.25) is 9.59 Å². The number of carbonyl (C=O) groups excluding carboxylic acids is 2. The van der Waals surface area contributed by atoms with Crippen molar-refractivity contribution in [2.75, 3.05) is 31.1 Å². The first-order chi connectivity index (χ1) is 12.6. The lowest BCUT2D eigenvalue weighted by Crippen LogP contribution is -2.53. The van der Waals surface area contributed by atoms with E-state index in [0.29, 0.717) is 37.9 Å². The minimum absolute atomic E-state index is 0.182. The Labute approximate surface area is 150 Å². The maximum absolute atomic E-state index is 12.2. The van der Waals surface area contributed by atoms with Gasteiger partial charge in [-0.1, -0.05) is 5.16 Å². The first-order valence-corrected chi connectivity index (χ1v) is 8.72. The standard InChI is InChI=1S/C17H20N6O3/c1-11-19-16(26-21-11)13-3-2-6-18-14(13)22-7-9-23(10-8-22)17(25)15(24)20-12-4-5-12/h2-3,6,12H,4-5,7-10H2,1H3,(H,20,24). The predicted octanol–water partition coefficient (Wildman–Crippen LogP) is 0.367. The molecule has 1 aliphatic carbocycles. The zero-order chi connectivity index (χ0) is 18.1. The SMILES string of the molecule is Cc1noc(-c2cccnc2N2CCN(C(=O)C(=O)NC3CC3)CC2)n1. The molecule has 4 rings (SSSR count). The average molecular weight is 356 g/mol. The van der Waals surface area contributed by atoms with E-state index in [0.717, 1.165) is 24.2 Å². The van der Waals surface area contributed by atoms with Gasteiger partial charge in [0.2, 0.25) is 0 Å². The lowest BCUT2D eigenvalue weighted by atomic mass is 10.2. The van der Waals surface area contributed by atoms with Crippen LogP contribution in [0.25, 0.3) is 11.5 Å². The van der Waals surface area contributed by atoms with Crippen LogP contribution in [0.1, 0.15) is 18.7 Å². The summed E-state index contributed by atoms with van der Waals surface area (Å²) in [6, 6.07) is 3.89. The molecule has 0 unspecified atom stereocenters. The number of nitrogens with one attached hydrogen (secondary N) is 1. The van der Waals surface area contributed by atoms with E-state index >= 15 is 0 Å². The summed E-state index contributed by atoms with van der Waals surface area (Å²) < 4.78 is 5.27. The third-order valence-corrected chi connectivity index (χ3v) is 4.52. The molecule has 1 saturated carbocycles. The summed E-state index contributed by atoms with van der Waals surface area (Å²) in [7, 11) is 0. The summed E-state index contributed by atoms with van der Waals surface area (Å²) in [4.78, 5) is 36.6. The molecule has 136 valence electrons. The van der Waals surface area contributed by atoms with Gasteiger partial charge in [0.25, 0.3) is 5.89 Å². The highest BCUT2D eigenvalue weighted by molar-refractivity contribution is 6.35. The van der Waals surface area contributed by atoms with Gasteiger partial charge in [-0.15, -0.1) is 0 Å². The molecule has 1 N–H and O–H groups in total. The maximum Gasteiger partial charge on any atom is 0.312 e. The van der Waals surface area contributed by atoms with Crippen LogP contribution >= 0.6 is 0 Å². The number of pyridine rings is 1. The first-order valence-electron chi connectivity index (χ1n) is 8.72. The third-order valence-electron chi connectivity index (χ3n) is 4.52. The second kappa shape index (κ2) is 6.74. The molecule has 2 aliphatic rings. The fourth-order valence-corrected chi connectivity index (χ4v) is 2.96. The number of carbonyl (C=O) groups is 2. The monoisotopic (exact) mass is 356 g/mol. The van der Waals surface area contributed by atoms with E-state index in [-0.39, 0.29) is 6.04 Å². The number of hydrogen-bond acceptors (Lipinski definition) is 7. The minimum atomic E-state index is -0.499. The molecular formula is C17H20N6O3. The summed E-state index contributed by atoms with van der Waals surface area (Å²) in [5, 5.41) is 6.58. The van der Waals surface area contributed by atoms with Crippen molar-refractivity contribution in [3.63, 3.8) is 0 Å². The van der Waals surface area contributed by atoms with Crippen LogP contribution < -0.4 is 10.2 Å². The fraction of sp³-hybridized carbons (Fsp3) is 0.471. The van der Waals surface area contributed by atoms with Crippen molar-refractivity contribution in [3.8, 4) is 11.5 Å². The molecule has 9 heteroatoms. The fourth-order valence-electron chi connectivity index (χ4n) is 2.96. The Kier molecular flexibility index (Phi) is 4.27. The van der Waals surface area contributed by atoms with Crippen LogP contribution in [0.5, 0.6) is 0 Å². The summed E-state index contributed by atoms with van der Waals surface area (Å²) in [6.45, 7) is 3.87. The Morgan fingerprint density at radius 2 is 2.00 bits per heavy atom. The van der Waals surface area contributed by atoms with E-state index in [1.807, 2.05) is 12.1 Å². The Bertz CT molecular complexity index is 823. The van der Waals surface area contributed by atoms with Gasteiger partial charge >= 0.3 is 11.8 Å². The Hall–Kier alpha value is -2.97. The van der Waals surface area contributed by atoms with Crippen molar-refractivity contribution in [1.82, 2.24) is 25.3 Å². The van der Waals surface area contributed by atoms with Gasteiger partial charge in [0.15, 0.2) is 5.82 Å². The van der Waals surface area contributed by atoms with Crippen molar-refractivity contribution >= 4 is 17.6 Å². The highest BCUT2D eigenvalue weighted by atomic mass is 16.5. The average Bonchev–Trinajstić information content (AvgIpc) is 3.38. The molecule has 2 aromatic heterocycles. The smallest absolute Gasteiger partial charge is 0.312 e. The molecule has 0 atom stereocenters. The van der Waals surface area contributed by atoms with Crippen LogP contribution in [0.4, 0.5) is 5.82 Å². The molecular weight excluding hydrogens is 336 g/mol. The largest absolute Gasteiger partial charge is 0.352 e. The molecule has 0 spiro atoms.